The fourth-order valence-electron chi connectivity index (χ4n) is 3.95. The first-order chi connectivity index (χ1) is 14.1. The van der Waals surface area contributed by atoms with Crippen molar-refractivity contribution < 1.29 is 9.21 Å². The van der Waals surface area contributed by atoms with Crippen LogP contribution in [0, 0.1) is 4.84 Å². The molecule has 10 heteroatoms. The zero-order valence-corrected chi connectivity index (χ0v) is 17.3. The van der Waals surface area contributed by atoms with Crippen LogP contribution in [0.15, 0.2) is 40.0 Å². The van der Waals surface area contributed by atoms with Crippen LogP contribution in [0.25, 0.3) is 11.5 Å². The molecular weight excluding hydrogens is 408 g/mol. The molecule has 1 fully saturated rings. The summed E-state index contributed by atoms with van der Waals surface area (Å²) in [5.74, 6) is 1.05. The van der Waals surface area contributed by atoms with E-state index in [1.54, 1.807) is 6.20 Å². The Balaban J connectivity index is 1.59. The Labute approximate surface area is 176 Å². The van der Waals surface area contributed by atoms with Gasteiger partial charge in [0.1, 0.15) is 11.4 Å². The first-order valence-corrected chi connectivity index (χ1v) is 10.9. The predicted octanol–water partition coefficient (Wildman–Crippen LogP) is 3.54. The van der Waals surface area contributed by atoms with Gasteiger partial charge in [0.15, 0.2) is 5.16 Å². The lowest BCUT2D eigenvalue weighted by Gasteiger charge is -2.27. The van der Waals surface area contributed by atoms with Crippen molar-refractivity contribution in [1.82, 2.24) is 20.2 Å². The molecule has 0 unspecified atom stereocenters. The molecule has 0 bridgehead atoms. The van der Waals surface area contributed by atoms with E-state index < -0.39 is 0 Å². The van der Waals surface area contributed by atoms with Crippen LogP contribution < -0.4 is 9.80 Å². The van der Waals surface area contributed by atoms with Gasteiger partial charge in [-0.2, -0.15) is 0 Å². The molecule has 2 aliphatic rings. The van der Waals surface area contributed by atoms with Crippen molar-refractivity contribution >= 4 is 41.4 Å². The Morgan fingerprint density at radius 2 is 2.28 bits per heavy atom. The van der Waals surface area contributed by atoms with Crippen LogP contribution in [-0.2, 0) is 0 Å². The molecule has 0 aliphatic carbocycles. The van der Waals surface area contributed by atoms with E-state index in [2.05, 4.69) is 25.1 Å². The molecule has 4 heterocycles. The summed E-state index contributed by atoms with van der Waals surface area (Å²) in [5, 5.41) is 7.40. The minimum atomic E-state index is -0.0953. The largest absolute Gasteiger partial charge is 0.409 e. The molecule has 2 aliphatic heterocycles. The summed E-state index contributed by atoms with van der Waals surface area (Å²) in [4.78, 5) is 26.8. The molecule has 1 amide bonds. The molecule has 148 valence electrons. The number of carbonyl (C=O) groups excluding carboxylic acids is 1. The van der Waals surface area contributed by atoms with Gasteiger partial charge < -0.3 is 14.2 Å². The quantitative estimate of drug-likeness (QED) is 0.386. The minimum absolute atomic E-state index is 0.0953. The molecular formula is C19H18N6O2S2. The average Bonchev–Trinajstić information content (AvgIpc) is 3.37. The third kappa shape index (κ3) is 3.22. The van der Waals surface area contributed by atoms with Crippen LogP contribution in [0.3, 0.4) is 0 Å². The summed E-state index contributed by atoms with van der Waals surface area (Å²) in [6.07, 6.45) is 5.70. The molecule has 8 nitrogen and oxygen atoms in total. The number of nitrogens with zero attached hydrogens (tertiary/aromatic N) is 5. The molecule has 0 saturated carbocycles. The maximum atomic E-state index is 13.5. The highest BCUT2D eigenvalue weighted by atomic mass is 32.2. The number of thioether (sulfide) groups is 1. The molecule has 1 atom stereocenters. The maximum Gasteiger partial charge on any atom is 0.284 e. The summed E-state index contributed by atoms with van der Waals surface area (Å²) in [6.45, 7) is 1.49. The van der Waals surface area contributed by atoms with Crippen LogP contribution in [-0.4, -0.2) is 51.5 Å². The van der Waals surface area contributed by atoms with Crippen LogP contribution in [0.4, 0.5) is 11.5 Å². The van der Waals surface area contributed by atoms with Crippen molar-refractivity contribution in [1.29, 1.82) is 0 Å². The number of hydrogen-bond donors (Lipinski definition) is 1. The van der Waals surface area contributed by atoms with Crippen LogP contribution >= 0.6 is 24.0 Å². The lowest BCUT2D eigenvalue weighted by Crippen LogP contribution is -2.39. The first-order valence-electron chi connectivity index (χ1n) is 9.29. The second-order valence-electron chi connectivity index (χ2n) is 6.97. The number of fused-ring (bicyclic) bond motifs is 3. The lowest BCUT2D eigenvalue weighted by atomic mass is 10.1. The van der Waals surface area contributed by atoms with E-state index in [0.29, 0.717) is 23.2 Å². The Hall–Kier alpha value is -2.72. The van der Waals surface area contributed by atoms with Gasteiger partial charge in [0.2, 0.25) is 5.89 Å². The summed E-state index contributed by atoms with van der Waals surface area (Å²) in [5.41, 5.74) is 2.07. The van der Waals surface area contributed by atoms with Gasteiger partial charge in [0, 0.05) is 36.6 Å². The normalized spacial score (nSPS) is 18.5. The lowest BCUT2D eigenvalue weighted by molar-refractivity contribution is 0.0988. The molecule has 29 heavy (non-hydrogen) atoms. The Kier molecular flexibility index (Phi) is 4.59. The molecule has 3 aromatic rings. The molecule has 5 rings (SSSR count). The molecule has 0 radical (unpaired) electrons. The Morgan fingerprint density at radius 3 is 3.07 bits per heavy atom. The third-order valence-corrected chi connectivity index (χ3v) is 6.03. The Morgan fingerprint density at radius 1 is 1.38 bits per heavy atom. The molecule has 1 aromatic carbocycles. The van der Waals surface area contributed by atoms with Gasteiger partial charge in [-0.05, 0) is 49.5 Å². The first kappa shape index (κ1) is 18.3. The van der Waals surface area contributed by atoms with E-state index in [0.717, 1.165) is 36.5 Å². The second kappa shape index (κ2) is 7.27. The summed E-state index contributed by atoms with van der Waals surface area (Å²) in [7, 11) is 0. The van der Waals surface area contributed by atoms with E-state index in [9.17, 15) is 4.79 Å². The number of hydrogen-bond acceptors (Lipinski definition) is 8. The number of aromatic nitrogens is 4. The Bertz CT molecular complexity index is 1140. The van der Waals surface area contributed by atoms with Crippen LogP contribution in [0.1, 0.15) is 23.2 Å². The van der Waals surface area contributed by atoms with E-state index >= 15 is 0 Å². The number of H-pyrrole nitrogens is 1. The van der Waals surface area contributed by atoms with E-state index in [1.165, 1.54) is 11.8 Å². The highest BCUT2D eigenvalue weighted by molar-refractivity contribution is 7.98. The zero-order valence-electron chi connectivity index (χ0n) is 15.7. The average molecular weight is 427 g/mol. The highest BCUT2D eigenvalue weighted by Crippen LogP contribution is 2.35. The molecule has 0 spiro atoms. The fourth-order valence-corrected chi connectivity index (χ4v) is 4.41. The monoisotopic (exact) mass is 426 g/mol. The number of amides is 1. The maximum absolute atomic E-state index is 13.5. The predicted molar refractivity (Wildman–Crippen MR) is 113 cm³/mol. The van der Waals surface area contributed by atoms with Gasteiger partial charge in [0.05, 0.1) is 0 Å². The van der Waals surface area contributed by atoms with Crippen molar-refractivity contribution in [3.05, 3.63) is 40.9 Å². The second-order valence-corrected chi connectivity index (χ2v) is 8.11. The van der Waals surface area contributed by atoms with Gasteiger partial charge >= 0.3 is 0 Å². The van der Waals surface area contributed by atoms with Gasteiger partial charge in [-0.25, -0.2) is 15.1 Å². The number of carbonyl (C=O) groups is 1. The van der Waals surface area contributed by atoms with Gasteiger partial charge in [0.25, 0.3) is 10.7 Å². The molecule has 1 N–H and O–H groups in total. The van der Waals surface area contributed by atoms with Gasteiger partial charge in [-0.3, -0.25) is 4.79 Å². The number of anilines is 2. The smallest absolute Gasteiger partial charge is 0.284 e. The number of benzene rings is 1. The van der Waals surface area contributed by atoms with E-state index in [1.807, 2.05) is 35.4 Å². The minimum Gasteiger partial charge on any atom is -0.409 e. The van der Waals surface area contributed by atoms with Gasteiger partial charge in [-0.1, -0.05) is 17.8 Å². The third-order valence-electron chi connectivity index (χ3n) is 5.29. The standard InChI is InChI=1S/C19H18N6O2S2/c1-29-18-20-9-14-15(21-18)24-7-3-6-13(24)10-25(17(14)26)12-5-2-4-11(8-12)16-22-23-19(28)27-16/h2,4-5,8-9,13H,3,6-7,10H2,1H3,(H,23,28)/t13-/m0/s1. The fraction of sp³-hybridized carbons (Fsp3) is 0.316. The zero-order chi connectivity index (χ0) is 20.0. The van der Waals surface area contributed by atoms with Crippen LogP contribution in [0.2, 0.25) is 0 Å². The van der Waals surface area contributed by atoms with Gasteiger partial charge in [-0.15, -0.1) is 5.10 Å². The van der Waals surface area contributed by atoms with Crippen molar-refractivity contribution in [2.75, 3.05) is 29.1 Å². The van der Waals surface area contributed by atoms with Crippen LogP contribution in [0.5, 0.6) is 0 Å². The van der Waals surface area contributed by atoms with Crippen molar-refractivity contribution in [3.8, 4) is 11.5 Å². The van der Waals surface area contributed by atoms with Crippen molar-refractivity contribution in [3.63, 3.8) is 0 Å². The summed E-state index contributed by atoms with van der Waals surface area (Å²) in [6, 6.07) is 7.81. The van der Waals surface area contributed by atoms with Crippen molar-refractivity contribution in [2.24, 2.45) is 0 Å². The van der Waals surface area contributed by atoms with Crippen molar-refractivity contribution in [2.45, 2.75) is 24.0 Å². The van der Waals surface area contributed by atoms with E-state index in [-0.39, 0.29) is 16.8 Å². The summed E-state index contributed by atoms with van der Waals surface area (Å²) < 4.78 is 5.43. The number of rotatable bonds is 3. The SMILES string of the molecule is CSc1ncc2c(n1)N1CCC[C@H]1CN(c1cccc(-c3n[nH]c(=S)o3)c1)C2=O. The topological polar surface area (TPSA) is 91.2 Å². The number of nitrogens with one attached hydrogen (secondary N) is 1. The van der Waals surface area contributed by atoms with E-state index in [4.69, 9.17) is 16.6 Å². The summed E-state index contributed by atoms with van der Waals surface area (Å²) >= 11 is 6.45. The molecule has 1 saturated heterocycles. The molecule has 2 aromatic heterocycles. The number of aromatic amines is 1. The highest BCUT2D eigenvalue weighted by Gasteiger charge is 2.37.